The molecule has 1 aromatic heterocycles. The van der Waals surface area contributed by atoms with Gasteiger partial charge in [-0.2, -0.15) is 0 Å². The van der Waals surface area contributed by atoms with Gasteiger partial charge in [-0.1, -0.05) is 12.1 Å². The van der Waals surface area contributed by atoms with Crippen LogP contribution in [0.4, 0.5) is 0 Å². The van der Waals surface area contributed by atoms with E-state index in [-0.39, 0.29) is 6.04 Å². The Morgan fingerprint density at radius 1 is 1.44 bits per heavy atom. The number of benzene rings is 1. The minimum absolute atomic E-state index is 0.0119. The van der Waals surface area contributed by atoms with Crippen LogP contribution >= 0.6 is 0 Å². The molecule has 96 valence electrons. The number of hydrogen-bond donors (Lipinski definition) is 1. The highest BCUT2D eigenvalue weighted by Gasteiger charge is 2.06. The molecule has 2 aromatic rings. The standard InChI is InChI=1S/C14H19N3O/c1-11(15)14-9-16-10-17(14)7-6-12-4-3-5-13(8-12)18-2/h3-5,8-11H,6-7,15H2,1-2H3/t11-/m0/s1. The summed E-state index contributed by atoms with van der Waals surface area (Å²) < 4.78 is 7.32. The van der Waals surface area contributed by atoms with Gasteiger partial charge in [0.1, 0.15) is 5.75 Å². The summed E-state index contributed by atoms with van der Waals surface area (Å²) in [6.45, 7) is 2.85. The van der Waals surface area contributed by atoms with Crippen molar-refractivity contribution >= 4 is 0 Å². The van der Waals surface area contributed by atoms with Gasteiger partial charge in [-0.15, -0.1) is 0 Å². The van der Waals surface area contributed by atoms with Crippen LogP contribution in [0.3, 0.4) is 0 Å². The fraction of sp³-hybridized carbons (Fsp3) is 0.357. The van der Waals surface area contributed by atoms with Gasteiger partial charge in [-0.3, -0.25) is 0 Å². The molecule has 0 aliphatic heterocycles. The molecule has 0 saturated heterocycles. The quantitative estimate of drug-likeness (QED) is 0.878. The molecule has 4 nitrogen and oxygen atoms in total. The van der Waals surface area contributed by atoms with Gasteiger partial charge >= 0.3 is 0 Å². The fourth-order valence-corrected chi connectivity index (χ4v) is 1.97. The van der Waals surface area contributed by atoms with Crippen molar-refractivity contribution in [2.24, 2.45) is 5.73 Å². The van der Waals surface area contributed by atoms with E-state index in [2.05, 4.69) is 21.7 Å². The van der Waals surface area contributed by atoms with E-state index in [1.54, 1.807) is 7.11 Å². The summed E-state index contributed by atoms with van der Waals surface area (Å²) in [5.74, 6) is 0.894. The Kier molecular flexibility index (Phi) is 3.99. The first-order valence-corrected chi connectivity index (χ1v) is 6.09. The lowest BCUT2D eigenvalue weighted by atomic mass is 10.1. The number of aryl methyl sites for hydroxylation is 2. The van der Waals surface area contributed by atoms with Crippen LogP contribution in [0.15, 0.2) is 36.8 Å². The fourth-order valence-electron chi connectivity index (χ4n) is 1.97. The average Bonchev–Trinajstić information content (AvgIpc) is 2.85. The van der Waals surface area contributed by atoms with E-state index < -0.39 is 0 Å². The Morgan fingerprint density at radius 2 is 2.28 bits per heavy atom. The number of imidazole rings is 1. The molecule has 0 spiro atoms. The van der Waals surface area contributed by atoms with Gasteiger partial charge in [-0.25, -0.2) is 4.98 Å². The van der Waals surface area contributed by atoms with Crippen LogP contribution in [0.5, 0.6) is 5.75 Å². The summed E-state index contributed by atoms with van der Waals surface area (Å²) in [7, 11) is 1.68. The van der Waals surface area contributed by atoms with Gasteiger partial charge in [0.2, 0.25) is 0 Å². The topological polar surface area (TPSA) is 53.1 Å². The van der Waals surface area contributed by atoms with Gasteiger partial charge in [0, 0.05) is 18.8 Å². The number of methoxy groups -OCH3 is 1. The number of hydrogen-bond acceptors (Lipinski definition) is 3. The molecule has 18 heavy (non-hydrogen) atoms. The average molecular weight is 245 g/mol. The van der Waals surface area contributed by atoms with Gasteiger partial charge in [0.25, 0.3) is 0 Å². The van der Waals surface area contributed by atoms with E-state index in [0.717, 1.165) is 24.4 Å². The van der Waals surface area contributed by atoms with Crippen LogP contribution in [-0.2, 0) is 13.0 Å². The summed E-state index contributed by atoms with van der Waals surface area (Å²) in [5.41, 5.74) is 8.21. The van der Waals surface area contributed by atoms with Crippen LogP contribution in [-0.4, -0.2) is 16.7 Å². The SMILES string of the molecule is COc1cccc(CCn2cncc2[C@H](C)N)c1. The maximum atomic E-state index is 5.89. The first-order chi connectivity index (χ1) is 8.70. The molecule has 0 aliphatic carbocycles. The maximum Gasteiger partial charge on any atom is 0.119 e. The van der Waals surface area contributed by atoms with Crippen LogP contribution < -0.4 is 10.5 Å². The summed E-state index contributed by atoms with van der Waals surface area (Å²) in [6, 6.07) is 8.13. The van der Waals surface area contributed by atoms with Gasteiger partial charge in [0.15, 0.2) is 0 Å². The zero-order valence-electron chi connectivity index (χ0n) is 10.8. The molecule has 1 atom stereocenters. The van der Waals surface area contributed by atoms with Crippen LogP contribution in [0, 0.1) is 0 Å². The molecule has 0 unspecified atom stereocenters. The number of ether oxygens (including phenoxy) is 1. The molecule has 1 aromatic carbocycles. The third-order valence-corrected chi connectivity index (χ3v) is 2.99. The Morgan fingerprint density at radius 3 is 3.00 bits per heavy atom. The lowest BCUT2D eigenvalue weighted by Gasteiger charge is -2.11. The highest BCUT2D eigenvalue weighted by Crippen LogP contribution is 2.15. The molecule has 0 radical (unpaired) electrons. The van der Waals surface area contributed by atoms with E-state index in [4.69, 9.17) is 10.5 Å². The second-order valence-corrected chi connectivity index (χ2v) is 4.40. The first-order valence-electron chi connectivity index (χ1n) is 6.09. The van der Waals surface area contributed by atoms with Crippen molar-refractivity contribution in [2.75, 3.05) is 7.11 Å². The van der Waals surface area contributed by atoms with Crippen LogP contribution in [0.1, 0.15) is 24.2 Å². The second-order valence-electron chi connectivity index (χ2n) is 4.40. The van der Waals surface area contributed by atoms with Gasteiger partial charge in [-0.05, 0) is 31.0 Å². The highest BCUT2D eigenvalue weighted by atomic mass is 16.5. The Bertz CT molecular complexity index is 505. The Hall–Kier alpha value is -1.81. The number of rotatable bonds is 5. The molecule has 0 aliphatic rings. The molecule has 0 bridgehead atoms. The first kappa shape index (κ1) is 12.6. The third-order valence-electron chi connectivity index (χ3n) is 2.99. The highest BCUT2D eigenvalue weighted by molar-refractivity contribution is 5.28. The van der Waals surface area contributed by atoms with Crippen molar-refractivity contribution in [3.8, 4) is 5.75 Å². The summed E-state index contributed by atoms with van der Waals surface area (Å²) in [5, 5.41) is 0. The normalized spacial score (nSPS) is 12.4. The van der Waals surface area contributed by atoms with Gasteiger partial charge in [0.05, 0.1) is 19.1 Å². The zero-order chi connectivity index (χ0) is 13.0. The van der Waals surface area contributed by atoms with Crippen LogP contribution in [0.25, 0.3) is 0 Å². The van der Waals surface area contributed by atoms with E-state index in [9.17, 15) is 0 Å². The van der Waals surface area contributed by atoms with Gasteiger partial charge < -0.3 is 15.0 Å². The zero-order valence-corrected chi connectivity index (χ0v) is 10.8. The van der Waals surface area contributed by atoms with Crippen molar-refractivity contribution in [3.63, 3.8) is 0 Å². The summed E-state index contributed by atoms with van der Waals surface area (Å²) >= 11 is 0. The lowest BCUT2D eigenvalue weighted by molar-refractivity contribution is 0.414. The van der Waals surface area contributed by atoms with Crippen molar-refractivity contribution in [3.05, 3.63) is 48.0 Å². The predicted molar refractivity (Wildman–Crippen MR) is 71.5 cm³/mol. The monoisotopic (exact) mass is 245 g/mol. The largest absolute Gasteiger partial charge is 0.497 e. The Labute approximate surface area is 107 Å². The van der Waals surface area contributed by atoms with E-state index in [0.29, 0.717) is 0 Å². The predicted octanol–water partition coefficient (Wildman–Crippen LogP) is 2.15. The van der Waals surface area contributed by atoms with E-state index >= 15 is 0 Å². The number of nitrogens with two attached hydrogens (primary N) is 1. The van der Waals surface area contributed by atoms with Crippen molar-refractivity contribution in [2.45, 2.75) is 25.9 Å². The summed E-state index contributed by atoms with van der Waals surface area (Å²) in [6.07, 6.45) is 4.60. The Balaban J connectivity index is 2.04. The van der Waals surface area contributed by atoms with Crippen LogP contribution in [0.2, 0.25) is 0 Å². The lowest BCUT2D eigenvalue weighted by Crippen LogP contribution is -2.12. The molecule has 1 heterocycles. The molecular weight excluding hydrogens is 226 g/mol. The molecule has 0 fully saturated rings. The van der Waals surface area contributed by atoms with E-state index in [1.807, 2.05) is 31.6 Å². The van der Waals surface area contributed by atoms with Crippen molar-refractivity contribution < 1.29 is 4.74 Å². The molecular formula is C14H19N3O. The summed E-state index contributed by atoms with van der Waals surface area (Å²) in [4.78, 5) is 4.15. The molecule has 2 N–H and O–H groups in total. The smallest absolute Gasteiger partial charge is 0.119 e. The number of nitrogens with zero attached hydrogens (tertiary/aromatic N) is 2. The molecule has 2 rings (SSSR count). The van der Waals surface area contributed by atoms with Crippen molar-refractivity contribution in [1.29, 1.82) is 0 Å². The molecule has 0 saturated carbocycles. The third kappa shape index (κ3) is 2.90. The minimum atomic E-state index is 0.0119. The molecule has 4 heteroatoms. The van der Waals surface area contributed by atoms with Crippen molar-refractivity contribution in [1.82, 2.24) is 9.55 Å². The minimum Gasteiger partial charge on any atom is -0.497 e. The van der Waals surface area contributed by atoms with E-state index in [1.165, 1.54) is 5.56 Å². The second kappa shape index (κ2) is 5.69. The number of aromatic nitrogens is 2. The maximum absolute atomic E-state index is 5.89. The molecule has 0 amide bonds.